The van der Waals surface area contributed by atoms with E-state index in [2.05, 4.69) is 17.2 Å². The van der Waals surface area contributed by atoms with Crippen molar-refractivity contribution >= 4 is 22.9 Å². The van der Waals surface area contributed by atoms with Crippen molar-refractivity contribution < 1.29 is 0 Å². The number of hydrogen-bond donors (Lipinski definition) is 2. The monoisotopic (exact) mass is 257 g/mol. The van der Waals surface area contributed by atoms with Crippen LogP contribution in [0.4, 0.5) is 5.69 Å². The van der Waals surface area contributed by atoms with Gasteiger partial charge in [0.15, 0.2) is 0 Å². The Kier molecular flexibility index (Phi) is 3.89. The molecule has 0 radical (unpaired) electrons. The fourth-order valence-corrected chi connectivity index (χ4v) is 1.79. The minimum atomic E-state index is 0.423. The largest absolute Gasteiger partial charge is 0.389 e. The van der Waals surface area contributed by atoms with E-state index in [-0.39, 0.29) is 0 Å². The molecular weight excluding hydrogens is 242 g/mol. The molecule has 0 aliphatic heterocycles. The number of aromatic nitrogens is 1. The van der Waals surface area contributed by atoms with Gasteiger partial charge in [0.2, 0.25) is 0 Å². The molecule has 92 valence electrons. The first-order valence-corrected chi connectivity index (χ1v) is 6.11. The molecule has 0 unspecified atom stereocenters. The number of nitrogens with two attached hydrogens (primary N) is 1. The Bertz CT molecular complexity index is 549. The standard InChI is InChI=1S/C14H15N3S/c1-10-8-16-7-6-12(10)9-17-13-4-2-11(3-5-13)14(15)18/h2-8,17H,9H2,1H3,(H2,15,18). The molecule has 1 aromatic heterocycles. The number of aryl methyl sites for hydroxylation is 1. The maximum absolute atomic E-state index is 5.55. The van der Waals surface area contributed by atoms with E-state index >= 15 is 0 Å². The first-order valence-electron chi connectivity index (χ1n) is 5.70. The summed E-state index contributed by atoms with van der Waals surface area (Å²) in [6.45, 7) is 2.83. The summed E-state index contributed by atoms with van der Waals surface area (Å²) in [5.74, 6) is 0. The van der Waals surface area contributed by atoms with Crippen molar-refractivity contribution in [2.24, 2.45) is 5.73 Å². The third-order valence-corrected chi connectivity index (χ3v) is 3.02. The van der Waals surface area contributed by atoms with E-state index in [1.54, 1.807) is 6.20 Å². The molecule has 2 aromatic rings. The topological polar surface area (TPSA) is 50.9 Å². The second-order valence-corrected chi connectivity index (χ2v) is 4.54. The first-order chi connectivity index (χ1) is 8.66. The Labute approximate surface area is 112 Å². The van der Waals surface area contributed by atoms with Crippen molar-refractivity contribution in [3.63, 3.8) is 0 Å². The highest BCUT2D eigenvalue weighted by atomic mass is 32.1. The molecule has 0 atom stereocenters. The summed E-state index contributed by atoms with van der Waals surface area (Å²) >= 11 is 4.91. The van der Waals surface area contributed by atoms with Gasteiger partial charge in [0.05, 0.1) is 0 Å². The van der Waals surface area contributed by atoms with Crippen LogP contribution in [0.25, 0.3) is 0 Å². The quantitative estimate of drug-likeness (QED) is 0.827. The molecule has 3 N–H and O–H groups in total. The average molecular weight is 257 g/mol. The molecule has 18 heavy (non-hydrogen) atoms. The lowest BCUT2D eigenvalue weighted by molar-refractivity contribution is 1.09. The molecule has 1 aromatic carbocycles. The maximum Gasteiger partial charge on any atom is 0.103 e. The number of pyridine rings is 1. The summed E-state index contributed by atoms with van der Waals surface area (Å²) in [6.07, 6.45) is 3.67. The van der Waals surface area contributed by atoms with Crippen molar-refractivity contribution in [3.8, 4) is 0 Å². The van der Waals surface area contributed by atoms with Gasteiger partial charge in [0.1, 0.15) is 4.99 Å². The second-order valence-electron chi connectivity index (χ2n) is 4.10. The molecule has 3 nitrogen and oxygen atoms in total. The lowest BCUT2D eigenvalue weighted by Crippen LogP contribution is -2.09. The van der Waals surface area contributed by atoms with E-state index in [1.807, 2.05) is 36.5 Å². The molecule has 4 heteroatoms. The smallest absolute Gasteiger partial charge is 0.103 e. The zero-order valence-corrected chi connectivity index (χ0v) is 11.0. The van der Waals surface area contributed by atoms with Crippen LogP contribution in [0.2, 0.25) is 0 Å². The van der Waals surface area contributed by atoms with Gasteiger partial charge < -0.3 is 11.1 Å². The van der Waals surface area contributed by atoms with E-state index in [0.717, 1.165) is 17.8 Å². The highest BCUT2D eigenvalue weighted by molar-refractivity contribution is 7.80. The van der Waals surface area contributed by atoms with Crippen LogP contribution < -0.4 is 11.1 Å². The van der Waals surface area contributed by atoms with Gasteiger partial charge in [-0.3, -0.25) is 4.98 Å². The van der Waals surface area contributed by atoms with Crippen LogP contribution in [0.3, 0.4) is 0 Å². The predicted molar refractivity (Wildman–Crippen MR) is 78.6 cm³/mol. The van der Waals surface area contributed by atoms with Gasteiger partial charge in [0.25, 0.3) is 0 Å². The van der Waals surface area contributed by atoms with Crippen molar-refractivity contribution in [2.75, 3.05) is 5.32 Å². The molecule has 0 amide bonds. The molecular formula is C14H15N3S. The van der Waals surface area contributed by atoms with Crippen LogP contribution in [0, 0.1) is 6.92 Å². The zero-order chi connectivity index (χ0) is 13.0. The fraction of sp³-hybridized carbons (Fsp3) is 0.143. The number of benzene rings is 1. The lowest BCUT2D eigenvalue weighted by Gasteiger charge is -2.09. The Morgan fingerprint density at radius 1 is 1.28 bits per heavy atom. The molecule has 0 aliphatic carbocycles. The van der Waals surface area contributed by atoms with E-state index in [4.69, 9.17) is 18.0 Å². The molecule has 0 fully saturated rings. The minimum Gasteiger partial charge on any atom is -0.389 e. The van der Waals surface area contributed by atoms with Gasteiger partial charge in [-0.05, 0) is 48.4 Å². The number of nitrogens with one attached hydrogen (secondary N) is 1. The van der Waals surface area contributed by atoms with Crippen LogP contribution in [0.15, 0.2) is 42.7 Å². The van der Waals surface area contributed by atoms with E-state index in [0.29, 0.717) is 4.99 Å². The summed E-state index contributed by atoms with van der Waals surface area (Å²) < 4.78 is 0. The van der Waals surface area contributed by atoms with Crippen molar-refractivity contribution in [1.29, 1.82) is 0 Å². The van der Waals surface area contributed by atoms with E-state index in [1.165, 1.54) is 11.1 Å². The third kappa shape index (κ3) is 3.05. The Morgan fingerprint density at radius 3 is 2.61 bits per heavy atom. The molecule has 0 spiro atoms. The Morgan fingerprint density at radius 2 is 2.00 bits per heavy atom. The summed E-state index contributed by atoms with van der Waals surface area (Å²) in [5.41, 5.74) is 9.91. The van der Waals surface area contributed by atoms with Gasteiger partial charge >= 0.3 is 0 Å². The zero-order valence-electron chi connectivity index (χ0n) is 10.2. The van der Waals surface area contributed by atoms with Crippen molar-refractivity contribution in [3.05, 3.63) is 59.4 Å². The molecule has 0 saturated carbocycles. The molecule has 0 aliphatic rings. The van der Waals surface area contributed by atoms with Crippen LogP contribution in [0.1, 0.15) is 16.7 Å². The molecule has 0 saturated heterocycles. The maximum atomic E-state index is 5.55. The number of nitrogens with zero attached hydrogens (tertiary/aromatic N) is 1. The summed E-state index contributed by atoms with van der Waals surface area (Å²) in [5, 5.41) is 3.36. The average Bonchev–Trinajstić information content (AvgIpc) is 2.38. The first kappa shape index (κ1) is 12.5. The molecule has 2 rings (SSSR count). The number of hydrogen-bond acceptors (Lipinski definition) is 3. The van der Waals surface area contributed by atoms with Gasteiger partial charge in [-0.15, -0.1) is 0 Å². The highest BCUT2D eigenvalue weighted by Crippen LogP contribution is 2.12. The van der Waals surface area contributed by atoms with Crippen LogP contribution in [0.5, 0.6) is 0 Å². The van der Waals surface area contributed by atoms with Crippen molar-refractivity contribution in [1.82, 2.24) is 4.98 Å². The van der Waals surface area contributed by atoms with Gasteiger partial charge in [-0.2, -0.15) is 0 Å². The van der Waals surface area contributed by atoms with Crippen LogP contribution in [-0.4, -0.2) is 9.97 Å². The Balaban J connectivity index is 2.02. The minimum absolute atomic E-state index is 0.423. The summed E-state index contributed by atoms with van der Waals surface area (Å²) in [4.78, 5) is 4.50. The van der Waals surface area contributed by atoms with Gasteiger partial charge in [-0.25, -0.2) is 0 Å². The normalized spacial score (nSPS) is 10.1. The SMILES string of the molecule is Cc1cnccc1CNc1ccc(C(N)=S)cc1. The third-order valence-electron chi connectivity index (χ3n) is 2.79. The number of thiocarbonyl (C=S) groups is 1. The summed E-state index contributed by atoms with van der Waals surface area (Å²) in [6, 6.07) is 9.82. The number of anilines is 1. The van der Waals surface area contributed by atoms with E-state index < -0.39 is 0 Å². The summed E-state index contributed by atoms with van der Waals surface area (Å²) in [7, 11) is 0. The van der Waals surface area contributed by atoms with Crippen LogP contribution >= 0.6 is 12.2 Å². The molecule has 0 bridgehead atoms. The molecule has 1 heterocycles. The van der Waals surface area contributed by atoms with Gasteiger partial charge in [-0.1, -0.05) is 12.2 Å². The number of rotatable bonds is 4. The fourth-order valence-electron chi connectivity index (χ4n) is 1.65. The second kappa shape index (κ2) is 5.60. The predicted octanol–water partition coefficient (Wildman–Crippen LogP) is 2.64. The lowest BCUT2D eigenvalue weighted by atomic mass is 10.1. The van der Waals surface area contributed by atoms with Crippen molar-refractivity contribution in [2.45, 2.75) is 13.5 Å². The Hall–Kier alpha value is -1.94. The van der Waals surface area contributed by atoms with E-state index in [9.17, 15) is 0 Å². The van der Waals surface area contributed by atoms with Gasteiger partial charge in [0, 0.05) is 30.2 Å². The highest BCUT2D eigenvalue weighted by Gasteiger charge is 1.99. The van der Waals surface area contributed by atoms with Crippen LogP contribution in [-0.2, 0) is 6.54 Å².